The van der Waals surface area contributed by atoms with E-state index >= 15 is 0 Å². The molecule has 1 amide bonds. The number of piperazine rings is 1. The third kappa shape index (κ3) is 3.26. The molecule has 1 aliphatic carbocycles. The van der Waals surface area contributed by atoms with Crippen molar-refractivity contribution in [1.82, 2.24) is 14.8 Å². The second kappa shape index (κ2) is 6.33. The summed E-state index contributed by atoms with van der Waals surface area (Å²) in [7, 11) is 1.97. The maximum atomic E-state index is 12.9. The number of aliphatic hydroxyl groups excluding tert-OH is 1. The summed E-state index contributed by atoms with van der Waals surface area (Å²) in [6.45, 7) is 6.24. The van der Waals surface area contributed by atoms with Crippen LogP contribution >= 0.6 is 0 Å². The topological polar surface area (TPSA) is 76.6 Å². The lowest BCUT2D eigenvalue weighted by Crippen LogP contribution is -2.56. The number of aromatic nitrogens is 1. The maximum Gasteiger partial charge on any atom is 0.261 e. The van der Waals surface area contributed by atoms with Crippen LogP contribution in [0.25, 0.3) is 0 Å². The van der Waals surface area contributed by atoms with Gasteiger partial charge in [0.15, 0.2) is 0 Å². The predicted molar refractivity (Wildman–Crippen MR) is 92.3 cm³/mol. The van der Waals surface area contributed by atoms with Gasteiger partial charge in [-0.1, -0.05) is 13.8 Å². The fraction of sp³-hybridized carbons (Fsp3) is 0.667. The Morgan fingerprint density at radius 3 is 2.88 bits per heavy atom. The number of aromatic amines is 1. The summed E-state index contributed by atoms with van der Waals surface area (Å²) in [6.07, 6.45) is 2.75. The van der Waals surface area contributed by atoms with E-state index in [4.69, 9.17) is 0 Å². The lowest BCUT2D eigenvalue weighted by Gasteiger charge is -2.39. The quantitative estimate of drug-likeness (QED) is 0.833. The number of aryl methyl sites for hydroxylation is 1. The lowest BCUT2D eigenvalue weighted by molar-refractivity contribution is 0.0354. The maximum absolute atomic E-state index is 12.9. The number of amides is 1. The van der Waals surface area contributed by atoms with Gasteiger partial charge in [-0.3, -0.25) is 9.59 Å². The van der Waals surface area contributed by atoms with E-state index < -0.39 is 0 Å². The number of pyridine rings is 1. The fourth-order valence-electron chi connectivity index (χ4n) is 3.81. The van der Waals surface area contributed by atoms with Gasteiger partial charge in [-0.25, -0.2) is 0 Å². The van der Waals surface area contributed by atoms with Crippen molar-refractivity contribution in [3.8, 4) is 0 Å². The molecule has 1 aromatic heterocycles. The Morgan fingerprint density at radius 1 is 1.42 bits per heavy atom. The van der Waals surface area contributed by atoms with Crippen molar-refractivity contribution < 1.29 is 9.90 Å². The van der Waals surface area contributed by atoms with Gasteiger partial charge in [0, 0.05) is 25.3 Å². The van der Waals surface area contributed by atoms with Crippen molar-refractivity contribution in [2.24, 2.45) is 5.41 Å². The number of carbonyl (C=O) groups is 1. The summed E-state index contributed by atoms with van der Waals surface area (Å²) in [6, 6.07) is 1.52. The van der Waals surface area contributed by atoms with E-state index in [0.29, 0.717) is 13.1 Å². The van der Waals surface area contributed by atoms with Gasteiger partial charge >= 0.3 is 0 Å². The monoisotopic (exact) mass is 333 g/mol. The molecule has 6 nitrogen and oxygen atoms in total. The molecule has 2 heterocycles. The van der Waals surface area contributed by atoms with E-state index in [1.54, 1.807) is 11.0 Å². The van der Waals surface area contributed by atoms with Crippen LogP contribution in [0.5, 0.6) is 0 Å². The van der Waals surface area contributed by atoms with Crippen LogP contribution in [0.2, 0.25) is 0 Å². The Kier molecular flexibility index (Phi) is 4.53. The number of nitrogens with zero attached hydrogens (tertiary/aromatic N) is 2. The number of hydrogen-bond donors (Lipinski definition) is 2. The average molecular weight is 333 g/mol. The molecular weight excluding hydrogens is 306 g/mol. The van der Waals surface area contributed by atoms with Crippen molar-refractivity contribution in [1.29, 1.82) is 0 Å². The second-order valence-electron chi connectivity index (χ2n) is 7.95. The molecule has 0 spiro atoms. The van der Waals surface area contributed by atoms with Crippen LogP contribution in [0.3, 0.4) is 0 Å². The summed E-state index contributed by atoms with van der Waals surface area (Å²) in [5.41, 5.74) is 2.12. The van der Waals surface area contributed by atoms with Crippen LogP contribution in [-0.4, -0.2) is 65.1 Å². The smallest absolute Gasteiger partial charge is 0.261 e. The molecule has 0 bridgehead atoms. The molecule has 24 heavy (non-hydrogen) atoms. The minimum absolute atomic E-state index is 0.0913. The summed E-state index contributed by atoms with van der Waals surface area (Å²) in [5, 5.41) is 9.60. The van der Waals surface area contributed by atoms with Crippen molar-refractivity contribution in [2.75, 3.05) is 33.3 Å². The van der Waals surface area contributed by atoms with Crippen LogP contribution in [0.4, 0.5) is 0 Å². The number of rotatable bonds is 2. The van der Waals surface area contributed by atoms with Crippen molar-refractivity contribution in [2.45, 2.75) is 39.2 Å². The Morgan fingerprint density at radius 2 is 2.17 bits per heavy atom. The normalized spacial score (nSPS) is 23.8. The molecule has 1 fully saturated rings. The van der Waals surface area contributed by atoms with Crippen molar-refractivity contribution >= 4 is 5.91 Å². The highest BCUT2D eigenvalue weighted by molar-refractivity contribution is 5.94. The molecule has 1 aliphatic heterocycles. The van der Waals surface area contributed by atoms with E-state index in [9.17, 15) is 14.7 Å². The van der Waals surface area contributed by atoms with Crippen LogP contribution in [0.1, 0.15) is 41.9 Å². The molecule has 1 aromatic rings. The first-order valence-corrected chi connectivity index (χ1v) is 8.66. The summed E-state index contributed by atoms with van der Waals surface area (Å²) >= 11 is 0. The fourth-order valence-corrected chi connectivity index (χ4v) is 3.81. The summed E-state index contributed by atoms with van der Waals surface area (Å²) < 4.78 is 0. The van der Waals surface area contributed by atoms with E-state index in [1.165, 1.54) is 0 Å². The molecule has 2 N–H and O–H groups in total. The van der Waals surface area contributed by atoms with Crippen LogP contribution in [-0.2, 0) is 12.8 Å². The minimum atomic E-state index is -0.311. The summed E-state index contributed by atoms with van der Waals surface area (Å²) in [5.74, 6) is -0.269. The summed E-state index contributed by atoms with van der Waals surface area (Å²) in [4.78, 5) is 32.0. The first kappa shape index (κ1) is 17.2. The van der Waals surface area contributed by atoms with Crippen LogP contribution < -0.4 is 5.56 Å². The Balaban J connectivity index is 1.91. The zero-order valence-corrected chi connectivity index (χ0v) is 14.8. The standard InChI is InChI=1S/C18H27N3O3/c1-18(2)5-4-15-12(9-18)8-14(16(23)19-15)17(24)21-7-6-20(3)10-13(21)11-22/h8,13,22H,4-7,9-11H2,1-3H3,(H,19,23). The van der Waals surface area contributed by atoms with Gasteiger partial charge in [0.05, 0.1) is 12.6 Å². The number of H-pyrrole nitrogens is 1. The van der Waals surface area contributed by atoms with Crippen LogP contribution in [0.15, 0.2) is 10.9 Å². The highest BCUT2D eigenvalue weighted by atomic mass is 16.3. The highest BCUT2D eigenvalue weighted by Gasteiger charge is 2.32. The van der Waals surface area contributed by atoms with Gasteiger partial charge in [0.1, 0.15) is 5.56 Å². The molecular formula is C18H27N3O3. The molecule has 3 rings (SSSR count). The van der Waals surface area contributed by atoms with Gasteiger partial charge in [0.25, 0.3) is 11.5 Å². The molecule has 1 saturated heterocycles. The third-order valence-corrected chi connectivity index (χ3v) is 5.32. The van der Waals surface area contributed by atoms with Gasteiger partial charge in [-0.2, -0.15) is 0 Å². The predicted octanol–water partition coefficient (Wildman–Crippen LogP) is 0.638. The number of aliphatic hydroxyl groups is 1. The number of fused-ring (bicyclic) bond motifs is 1. The number of likely N-dealkylation sites (N-methyl/N-ethyl adjacent to an activating group) is 1. The largest absolute Gasteiger partial charge is 0.394 e. The van der Waals surface area contributed by atoms with Gasteiger partial charge in [-0.05, 0) is 43.4 Å². The van der Waals surface area contributed by atoms with Gasteiger partial charge < -0.3 is 19.9 Å². The second-order valence-corrected chi connectivity index (χ2v) is 7.95. The number of nitrogens with one attached hydrogen (secondary N) is 1. The zero-order chi connectivity index (χ0) is 17.5. The third-order valence-electron chi connectivity index (χ3n) is 5.32. The molecule has 0 aromatic carbocycles. The van der Waals surface area contributed by atoms with E-state index in [2.05, 4.69) is 23.7 Å². The molecule has 132 valence electrons. The first-order valence-electron chi connectivity index (χ1n) is 8.66. The Bertz CT molecular complexity index is 695. The highest BCUT2D eigenvalue weighted by Crippen LogP contribution is 2.33. The van der Waals surface area contributed by atoms with Crippen molar-refractivity contribution in [3.63, 3.8) is 0 Å². The lowest BCUT2D eigenvalue weighted by atomic mass is 9.76. The van der Waals surface area contributed by atoms with Crippen molar-refractivity contribution in [3.05, 3.63) is 33.2 Å². The van der Waals surface area contributed by atoms with E-state index in [0.717, 1.165) is 37.1 Å². The molecule has 1 unspecified atom stereocenters. The van der Waals surface area contributed by atoms with E-state index in [-0.39, 0.29) is 35.1 Å². The molecule has 0 radical (unpaired) electrons. The molecule has 1 atom stereocenters. The number of hydrogen-bond acceptors (Lipinski definition) is 4. The Labute approximate surface area is 142 Å². The molecule has 6 heteroatoms. The number of carbonyl (C=O) groups excluding carboxylic acids is 1. The SMILES string of the molecule is CN1CCN(C(=O)c2cc3c([nH]c2=O)CCC(C)(C)C3)C(CO)C1. The first-order chi connectivity index (χ1) is 11.3. The van der Waals surface area contributed by atoms with Gasteiger partial charge in [-0.15, -0.1) is 0 Å². The Hall–Kier alpha value is -1.66. The van der Waals surface area contributed by atoms with E-state index in [1.807, 2.05) is 7.05 Å². The molecule has 0 saturated carbocycles. The average Bonchev–Trinajstić information content (AvgIpc) is 2.53. The van der Waals surface area contributed by atoms with Crippen LogP contribution in [0, 0.1) is 5.41 Å². The molecule has 2 aliphatic rings. The van der Waals surface area contributed by atoms with Gasteiger partial charge in [0.2, 0.25) is 0 Å². The zero-order valence-electron chi connectivity index (χ0n) is 14.8. The minimum Gasteiger partial charge on any atom is -0.394 e.